The molecule has 36 heavy (non-hydrogen) atoms. The fourth-order valence-electron chi connectivity index (χ4n) is 7.75. The molecule has 4 fully saturated rings. The second kappa shape index (κ2) is 8.07. The lowest BCUT2D eigenvalue weighted by atomic mass is 9.52. The average Bonchev–Trinajstić information content (AvgIpc) is 3.22. The highest BCUT2D eigenvalue weighted by molar-refractivity contribution is 5.89. The molecule has 2 aliphatic heterocycles. The van der Waals surface area contributed by atoms with Gasteiger partial charge in [-0.25, -0.2) is 4.79 Å². The third-order valence-electron chi connectivity index (χ3n) is 9.72. The summed E-state index contributed by atoms with van der Waals surface area (Å²) in [6.07, 6.45) is -5.77. The largest absolute Gasteiger partial charge is 0.459 e. The molecule has 2 bridgehead atoms. The first-order chi connectivity index (χ1) is 16.8. The van der Waals surface area contributed by atoms with Crippen molar-refractivity contribution in [2.24, 2.45) is 23.7 Å². The van der Waals surface area contributed by atoms with E-state index in [4.69, 9.17) is 9.47 Å². The molecule has 0 amide bonds. The Morgan fingerprint density at radius 1 is 1.11 bits per heavy atom. The zero-order valence-electron chi connectivity index (χ0n) is 20.7. The fourth-order valence-corrected chi connectivity index (χ4v) is 7.75. The van der Waals surface area contributed by atoms with Crippen LogP contribution in [0.3, 0.4) is 0 Å². The molecule has 1 spiro atoms. The van der Waals surface area contributed by atoms with Crippen molar-refractivity contribution in [3.05, 3.63) is 48.0 Å². The van der Waals surface area contributed by atoms with E-state index in [1.54, 1.807) is 51.1 Å². The van der Waals surface area contributed by atoms with Crippen LogP contribution in [0.2, 0.25) is 0 Å². The van der Waals surface area contributed by atoms with Crippen LogP contribution in [-0.4, -0.2) is 90.0 Å². The molecule has 1 aromatic carbocycles. The topological polar surface area (TPSA) is 157 Å². The SMILES string of the molecule is C=C(C)[C@]1(O)C[C@@H](C)[C@@]2(O)[C@H]([C@H]1O)[C@@H]1O[C@]3([C@H](O)[C@@]1(O)COC(=O)c1ccccc1)[C@@H](O)[C@@H](C)C[C@@H]23. The first-order valence-corrected chi connectivity index (χ1v) is 12.5. The second-order valence-corrected chi connectivity index (χ2v) is 11.6. The summed E-state index contributed by atoms with van der Waals surface area (Å²) >= 11 is 0. The molecule has 198 valence electrons. The Balaban J connectivity index is 1.60. The second-order valence-electron chi connectivity index (χ2n) is 11.6. The quantitative estimate of drug-likeness (QED) is 0.248. The van der Waals surface area contributed by atoms with Crippen LogP contribution in [0.1, 0.15) is 44.0 Å². The van der Waals surface area contributed by atoms with E-state index < -0.39 is 83.1 Å². The summed E-state index contributed by atoms with van der Waals surface area (Å²) < 4.78 is 11.7. The average molecular weight is 505 g/mol. The zero-order chi connectivity index (χ0) is 26.4. The van der Waals surface area contributed by atoms with Crippen LogP contribution in [0.25, 0.3) is 0 Å². The molecule has 5 rings (SSSR count). The van der Waals surface area contributed by atoms with Gasteiger partial charge in [0, 0.05) is 11.8 Å². The van der Waals surface area contributed by atoms with Gasteiger partial charge in [0.1, 0.15) is 30.0 Å². The standard InChI is InChI=1S/C27H36O9/c1-13(2)24(32)11-15(4)26(34)17-10-14(3)19(28)27(17)23(31)25(33,21(36-27)18(26)20(24)29)12-35-22(30)16-8-6-5-7-9-16/h5-9,14-15,17-21,23,28-29,31-34H,1,10-12H2,2-4H3/t14-,15+,17-,18+,19-,20+,21-,23+,24+,25+,26-,27-/m0/s1. The molecule has 2 aliphatic carbocycles. The van der Waals surface area contributed by atoms with Crippen LogP contribution in [-0.2, 0) is 9.47 Å². The summed E-state index contributed by atoms with van der Waals surface area (Å²) in [5.74, 6) is -3.87. The van der Waals surface area contributed by atoms with E-state index >= 15 is 0 Å². The number of hydrogen-bond acceptors (Lipinski definition) is 9. The van der Waals surface area contributed by atoms with Crippen LogP contribution in [0.5, 0.6) is 0 Å². The van der Waals surface area contributed by atoms with Crippen LogP contribution >= 0.6 is 0 Å². The third-order valence-corrected chi connectivity index (χ3v) is 9.72. The van der Waals surface area contributed by atoms with E-state index in [1.165, 1.54) is 0 Å². The molecule has 2 saturated heterocycles. The number of aliphatic hydroxyl groups excluding tert-OH is 3. The lowest BCUT2D eigenvalue weighted by molar-refractivity contribution is -0.325. The van der Waals surface area contributed by atoms with Crippen molar-refractivity contribution in [1.29, 1.82) is 0 Å². The molecule has 12 atom stereocenters. The molecular formula is C27H36O9. The van der Waals surface area contributed by atoms with Gasteiger partial charge in [-0.05, 0) is 49.3 Å². The maximum atomic E-state index is 12.7. The number of carbonyl (C=O) groups excluding carboxylic acids is 1. The molecule has 6 N–H and O–H groups in total. The van der Waals surface area contributed by atoms with E-state index in [-0.39, 0.29) is 24.0 Å². The van der Waals surface area contributed by atoms with Crippen molar-refractivity contribution in [2.45, 2.75) is 80.4 Å². The van der Waals surface area contributed by atoms with Crippen LogP contribution in [0.15, 0.2) is 42.5 Å². The summed E-state index contributed by atoms with van der Waals surface area (Å²) in [5.41, 5.74) is -6.98. The lowest BCUT2D eigenvalue weighted by Gasteiger charge is -2.62. The molecule has 2 saturated carbocycles. The van der Waals surface area contributed by atoms with Crippen LogP contribution in [0, 0.1) is 23.7 Å². The van der Waals surface area contributed by atoms with Crippen molar-refractivity contribution >= 4 is 5.97 Å². The van der Waals surface area contributed by atoms with Gasteiger partial charge in [-0.3, -0.25) is 0 Å². The predicted octanol–water partition coefficient (Wildman–Crippen LogP) is 0.159. The first kappa shape index (κ1) is 25.8. The number of hydrogen-bond donors (Lipinski definition) is 6. The summed E-state index contributed by atoms with van der Waals surface area (Å²) in [6.45, 7) is 8.21. The van der Waals surface area contributed by atoms with E-state index in [0.29, 0.717) is 0 Å². The zero-order valence-corrected chi connectivity index (χ0v) is 20.7. The monoisotopic (exact) mass is 504 g/mol. The molecular weight excluding hydrogens is 468 g/mol. The van der Waals surface area contributed by atoms with Gasteiger partial charge in [0.2, 0.25) is 0 Å². The Hall–Kier alpha value is -1.85. The first-order valence-electron chi connectivity index (χ1n) is 12.5. The number of benzene rings is 1. The highest BCUT2D eigenvalue weighted by Crippen LogP contribution is 2.68. The Morgan fingerprint density at radius 2 is 1.75 bits per heavy atom. The summed E-state index contributed by atoms with van der Waals surface area (Å²) in [7, 11) is 0. The van der Waals surface area contributed by atoms with Gasteiger partial charge in [0.15, 0.2) is 5.60 Å². The van der Waals surface area contributed by atoms with Gasteiger partial charge in [-0.1, -0.05) is 38.6 Å². The predicted molar refractivity (Wildman–Crippen MR) is 127 cm³/mol. The van der Waals surface area contributed by atoms with Crippen molar-refractivity contribution in [3.8, 4) is 0 Å². The molecule has 9 heteroatoms. The van der Waals surface area contributed by atoms with E-state index in [9.17, 15) is 35.4 Å². The van der Waals surface area contributed by atoms with E-state index in [0.717, 1.165) is 0 Å². The molecule has 9 nitrogen and oxygen atoms in total. The third kappa shape index (κ3) is 2.99. The van der Waals surface area contributed by atoms with Gasteiger partial charge in [0.25, 0.3) is 0 Å². The molecule has 1 aromatic rings. The Bertz CT molecular complexity index is 1060. The van der Waals surface area contributed by atoms with Crippen molar-refractivity contribution in [1.82, 2.24) is 0 Å². The maximum absolute atomic E-state index is 12.7. The molecule has 0 aromatic heterocycles. The summed E-state index contributed by atoms with van der Waals surface area (Å²) in [6, 6.07) is 8.14. The number of esters is 1. The normalized spacial score (nSPS) is 51.4. The molecule has 4 aliphatic rings. The number of carbonyl (C=O) groups is 1. The van der Waals surface area contributed by atoms with Crippen LogP contribution < -0.4 is 0 Å². The van der Waals surface area contributed by atoms with Gasteiger partial charge in [-0.2, -0.15) is 0 Å². The van der Waals surface area contributed by atoms with E-state index in [2.05, 4.69) is 6.58 Å². The number of aliphatic hydroxyl groups is 6. The molecule has 0 unspecified atom stereocenters. The van der Waals surface area contributed by atoms with Crippen molar-refractivity contribution in [3.63, 3.8) is 0 Å². The highest BCUT2D eigenvalue weighted by atomic mass is 16.6. The van der Waals surface area contributed by atoms with Crippen molar-refractivity contribution < 1.29 is 44.9 Å². The fraction of sp³-hybridized carbons (Fsp3) is 0.667. The smallest absolute Gasteiger partial charge is 0.338 e. The minimum Gasteiger partial charge on any atom is -0.459 e. The van der Waals surface area contributed by atoms with Gasteiger partial charge in [-0.15, -0.1) is 0 Å². The molecule has 0 radical (unpaired) electrons. The number of fused-ring (bicyclic) bond motifs is 4. The minimum absolute atomic E-state index is 0.00219. The van der Waals surface area contributed by atoms with Crippen molar-refractivity contribution in [2.75, 3.05) is 6.61 Å². The Labute approximate surface area is 210 Å². The van der Waals surface area contributed by atoms with E-state index in [1.807, 2.05) is 0 Å². The Kier molecular flexibility index (Phi) is 5.78. The maximum Gasteiger partial charge on any atom is 0.338 e. The molecule has 2 heterocycles. The minimum atomic E-state index is -2.28. The number of ether oxygens (including phenoxy) is 2. The number of rotatable bonds is 4. The van der Waals surface area contributed by atoms with Gasteiger partial charge >= 0.3 is 5.97 Å². The van der Waals surface area contributed by atoms with Crippen LogP contribution in [0.4, 0.5) is 0 Å². The highest BCUT2D eigenvalue weighted by Gasteiger charge is 2.84. The summed E-state index contributed by atoms with van der Waals surface area (Å²) in [4.78, 5) is 12.7. The lowest BCUT2D eigenvalue weighted by Crippen LogP contribution is -2.75. The van der Waals surface area contributed by atoms with Gasteiger partial charge in [0.05, 0.1) is 23.4 Å². The van der Waals surface area contributed by atoms with Gasteiger partial charge < -0.3 is 40.1 Å². The summed E-state index contributed by atoms with van der Waals surface area (Å²) in [5, 5.41) is 70.0. The Morgan fingerprint density at radius 3 is 2.36 bits per heavy atom.